The average Bonchev–Trinajstić information content (AvgIpc) is 2.79. The Labute approximate surface area is 109 Å². The maximum absolute atomic E-state index is 12.3. The summed E-state index contributed by atoms with van der Waals surface area (Å²) in [5.41, 5.74) is -0.00251. The summed E-state index contributed by atoms with van der Waals surface area (Å²) in [6, 6.07) is 3.80. The second-order valence-electron chi connectivity index (χ2n) is 4.57. The van der Waals surface area contributed by atoms with Crippen LogP contribution in [0.5, 0.6) is 11.5 Å². The third-order valence-corrected chi connectivity index (χ3v) is 3.29. The minimum absolute atomic E-state index is 0.00251. The van der Waals surface area contributed by atoms with Crippen LogP contribution in [-0.2, 0) is 4.79 Å². The summed E-state index contributed by atoms with van der Waals surface area (Å²) in [7, 11) is 0. The Balaban J connectivity index is 2.23. The summed E-state index contributed by atoms with van der Waals surface area (Å²) in [5, 5.41) is 27.9. The first-order chi connectivity index (χ1) is 9.00. The minimum Gasteiger partial charge on any atom is -0.504 e. The predicted molar refractivity (Wildman–Crippen MR) is 66.1 cm³/mol. The highest BCUT2D eigenvalue weighted by molar-refractivity contribution is 5.98. The van der Waals surface area contributed by atoms with Crippen molar-refractivity contribution in [2.24, 2.45) is 0 Å². The van der Waals surface area contributed by atoms with Crippen LogP contribution in [0, 0.1) is 0 Å². The van der Waals surface area contributed by atoms with Crippen molar-refractivity contribution in [1.29, 1.82) is 0 Å². The van der Waals surface area contributed by atoms with Crippen molar-refractivity contribution in [3.8, 4) is 11.5 Å². The third kappa shape index (κ3) is 2.62. The van der Waals surface area contributed by atoms with E-state index in [1.54, 1.807) is 0 Å². The predicted octanol–water partition coefficient (Wildman–Crippen LogP) is 1.18. The fourth-order valence-electron chi connectivity index (χ4n) is 2.38. The van der Waals surface area contributed by atoms with Crippen molar-refractivity contribution < 1.29 is 24.9 Å². The number of carbonyl (C=O) groups excluding carboxylic acids is 1. The standard InChI is InChI=1S/C13H15NO5/c15-10-5-1-4-9(12(10)18)13(19)14-6-2-3-8(14)7-11(16)17/h1,4-5,8,15,18H,2-3,6-7H2,(H,16,17). The van der Waals surface area contributed by atoms with Crippen LogP contribution in [-0.4, -0.2) is 44.7 Å². The smallest absolute Gasteiger partial charge is 0.305 e. The Kier molecular flexibility index (Phi) is 3.59. The number of hydrogen-bond donors (Lipinski definition) is 3. The number of carboxylic acids is 1. The number of nitrogens with zero attached hydrogens (tertiary/aromatic N) is 1. The Bertz CT molecular complexity index is 514. The van der Waals surface area contributed by atoms with E-state index in [1.165, 1.54) is 23.1 Å². The van der Waals surface area contributed by atoms with Crippen LogP contribution < -0.4 is 0 Å². The summed E-state index contributed by atoms with van der Waals surface area (Å²) >= 11 is 0. The lowest BCUT2D eigenvalue weighted by molar-refractivity contribution is -0.137. The molecule has 19 heavy (non-hydrogen) atoms. The second-order valence-corrected chi connectivity index (χ2v) is 4.57. The van der Waals surface area contributed by atoms with Crippen LogP contribution in [0.25, 0.3) is 0 Å². The molecule has 1 unspecified atom stereocenters. The number of aliphatic carboxylic acids is 1. The highest BCUT2D eigenvalue weighted by Gasteiger charge is 2.32. The van der Waals surface area contributed by atoms with Gasteiger partial charge < -0.3 is 20.2 Å². The van der Waals surface area contributed by atoms with Gasteiger partial charge in [0.25, 0.3) is 5.91 Å². The highest BCUT2D eigenvalue weighted by Crippen LogP contribution is 2.31. The molecular formula is C13H15NO5. The summed E-state index contributed by atoms with van der Waals surface area (Å²) in [6.07, 6.45) is 1.27. The number of carboxylic acid groups (broad SMARTS) is 1. The molecule has 0 aliphatic carbocycles. The van der Waals surface area contributed by atoms with E-state index in [9.17, 15) is 19.8 Å². The van der Waals surface area contributed by atoms with Crippen LogP contribution in [0.1, 0.15) is 29.6 Å². The molecule has 3 N–H and O–H groups in total. The van der Waals surface area contributed by atoms with Crippen molar-refractivity contribution in [2.75, 3.05) is 6.54 Å². The van der Waals surface area contributed by atoms with Gasteiger partial charge in [0.15, 0.2) is 11.5 Å². The molecule has 1 saturated heterocycles. The van der Waals surface area contributed by atoms with Gasteiger partial charge in [-0.2, -0.15) is 0 Å². The molecule has 1 amide bonds. The Morgan fingerprint density at radius 3 is 2.74 bits per heavy atom. The zero-order valence-corrected chi connectivity index (χ0v) is 10.2. The lowest BCUT2D eigenvalue weighted by Crippen LogP contribution is -2.36. The van der Waals surface area contributed by atoms with E-state index in [-0.39, 0.29) is 23.8 Å². The number of amides is 1. The summed E-state index contributed by atoms with van der Waals surface area (Å²) in [6.45, 7) is 0.464. The maximum Gasteiger partial charge on any atom is 0.305 e. The van der Waals surface area contributed by atoms with Gasteiger partial charge in [-0.1, -0.05) is 6.07 Å². The van der Waals surface area contributed by atoms with Crippen LogP contribution >= 0.6 is 0 Å². The molecule has 1 aromatic rings. The van der Waals surface area contributed by atoms with Gasteiger partial charge in [-0.05, 0) is 25.0 Å². The SMILES string of the molecule is O=C(O)CC1CCCN1C(=O)c1cccc(O)c1O. The molecule has 1 atom stereocenters. The fourth-order valence-corrected chi connectivity index (χ4v) is 2.38. The van der Waals surface area contributed by atoms with E-state index in [1.807, 2.05) is 0 Å². The van der Waals surface area contributed by atoms with E-state index in [0.717, 1.165) is 6.42 Å². The molecule has 0 bridgehead atoms. The summed E-state index contributed by atoms with van der Waals surface area (Å²) in [4.78, 5) is 24.5. The average molecular weight is 265 g/mol. The summed E-state index contributed by atoms with van der Waals surface area (Å²) < 4.78 is 0. The molecule has 0 radical (unpaired) electrons. The first kappa shape index (κ1) is 13.2. The summed E-state index contributed by atoms with van der Waals surface area (Å²) in [5.74, 6) is -2.23. The lowest BCUT2D eigenvalue weighted by Gasteiger charge is -2.23. The van der Waals surface area contributed by atoms with E-state index in [4.69, 9.17) is 5.11 Å². The van der Waals surface area contributed by atoms with Crippen molar-refractivity contribution in [1.82, 2.24) is 4.90 Å². The fraction of sp³-hybridized carbons (Fsp3) is 0.385. The van der Waals surface area contributed by atoms with Crippen LogP contribution in [0.15, 0.2) is 18.2 Å². The van der Waals surface area contributed by atoms with Gasteiger partial charge in [-0.25, -0.2) is 0 Å². The molecule has 1 aliphatic rings. The number of phenolic OH excluding ortho intramolecular Hbond substituents is 2. The minimum atomic E-state index is -0.954. The van der Waals surface area contributed by atoms with Crippen LogP contribution in [0.2, 0.25) is 0 Å². The Morgan fingerprint density at radius 1 is 1.32 bits per heavy atom. The number of aromatic hydroxyl groups is 2. The molecule has 1 aromatic carbocycles. The molecule has 1 fully saturated rings. The van der Waals surface area contributed by atoms with E-state index >= 15 is 0 Å². The van der Waals surface area contributed by atoms with Crippen molar-refractivity contribution >= 4 is 11.9 Å². The molecule has 6 heteroatoms. The molecule has 0 aromatic heterocycles. The number of carbonyl (C=O) groups is 2. The number of phenols is 2. The van der Waals surface area contributed by atoms with Crippen LogP contribution in [0.3, 0.4) is 0 Å². The zero-order valence-electron chi connectivity index (χ0n) is 10.2. The van der Waals surface area contributed by atoms with E-state index in [0.29, 0.717) is 13.0 Å². The van der Waals surface area contributed by atoms with Crippen molar-refractivity contribution in [3.63, 3.8) is 0 Å². The quantitative estimate of drug-likeness (QED) is 0.713. The van der Waals surface area contributed by atoms with Crippen molar-refractivity contribution in [3.05, 3.63) is 23.8 Å². The third-order valence-electron chi connectivity index (χ3n) is 3.29. The largest absolute Gasteiger partial charge is 0.504 e. The number of rotatable bonds is 3. The van der Waals surface area contributed by atoms with Gasteiger partial charge in [0.05, 0.1) is 12.0 Å². The monoisotopic (exact) mass is 265 g/mol. The molecule has 1 heterocycles. The van der Waals surface area contributed by atoms with Crippen LogP contribution in [0.4, 0.5) is 0 Å². The Morgan fingerprint density at radius 2 is 2.05 bits per heavy atom. The molecule has 0 spiro atoms. The second kappa shape index (κ2) is 5.17. The molecule has 6 nitrogen and oxygen atoms in total. The number of likely N-dealkylation sites (tertiary alicyclic amines) is 1. The lowest BCUT2D eigenvalue weighted by atomic mass is 10.1. The topological polar surface area (TPSA) is 98.1 Å². The number of benzene rings is 1. The molecule has 102 valence electrons. The van der Waals surface area contributed by atoms with E-state index in [2.05, 4.69) is 0 Å². The Hall–Kier alpha value is -2.24. The van der Waals surface area contributed by atoms with Gasteiger partial charge in [0, 0.05) is 12.6 Å². The van der Waals surface area contributed by atoms with Gasteiger partial charge in [0.1, 0.15) is 0 Å². The highest BCUT2D eigenvalue weighted by atomic mass is 16.4. The van der Waals surface area contributed by atoms with E-state index < -0.39 is 17.6 Å². The first-order valence-corrected chi connectivity index (χ1v) is 6.04. The first-order valence-electron chi connectivity index (χ1n) is 6.04. The zero-order chi connectivity index (χ0) is 14.0. The van der Waals surface area contributed by atoms with Gasteiger partial charge in [0.2, 0.25) is 0 Å². The van der Waals surface area contributed by atoms with Crippen molar-refractivity contribution in [2.45, 2.75) is 25.3 Å². The molecule has 1 aliphatic heterocycles. The normalized spacial score (nSPS) is 18.5. The maximum atomic E-state index is 12.3. The van der Waals surface area contributed by atoms with Gasteiger partial charge >= 0.3 is 5.97 Å². The molecule has 0 saturated carbocycles. The molecular weight excluding hydrogens is 250 g/mol. The molecule has 2 rings (SSSR count). The van der Waals surface area contributed by atoms with Gasteiger partial charge in [-0.3, -0.25) is 9.59 Å². The number of hydrogen-bond acceptors (Lipinski definition) is 4. The number of para-hydroxylation sites is 1. The van der Waals surface area contributed by atoms with Gasteiger partial charge in [-0.15, -0.1) is 0 Å².